The SMILES string of the molecule is O=C([O-])C(=O)O.O=[N+]([O-])c1ccc(CN2CCC([NH+]3CCCCCC3)CC2)cc1. The number of nitro groups is 1. The van der Waals surface area contributed by atoms with Gasteiger partial charge in [0.05, 0.1) is 24.1 Å². The summed E-state index contributed by atoms with van der Waals surface area (Å²) in [5, 5.41) is 27.0. The number of non-ortho nitro benzene ring substituents is 1. The van der Waals surface area contributed by atoms with Gasteiger partial charge in [-0.2, -0.15) is 0 Å². The van der Waals surface area contributed by atoms with Gasteiger partial charge < -0.3 is 19.9 Å². The number of benzene rings is 1. The smallest absolute Gasteiger partial charge is 0.351 e. The highest BCUT2D eigenvalue weighted by Gasteiger charge is 2.28. The first-order valence-electron chi connectivity index (χ1n) is 10.1. The molecule has 0 spiro atoms. The standard InChI is InChI=1S/C18H27N3O2.C2H2O4/c22-21(23)18-7-5-16(6-8-18)15-19-13-9-17(10-14-19)20-11-3-1-2-4-12-20;3-1(4)2(5)6/h5-8,17H,1-4,9-15H2;(H,3,4)(H,5,6). The summed E-state index contributed by atoms with van der Waals surface area (Å²) in [6.45, 7) is 5.97. The third kappa shape index (κ3) is 7.78. The molecule has 2 aliphatic heterocycles. The van der Waals surface area contributed by atoms with Gasteiger partial charge in [-0.25, -0.2) is 4.79 Å². The van der Waals surface area contributed by atoms with Crippen molar-refractivity contribution < 1.29 is 29.6 Å². The van der Waals surface area contributed by atoms with E-state index in [1.807, 2.05) is 17.0 Å². The van der Waals surface area contributed by atoms with Gasteiger partial charge in [-0.1, -0.05) is 12.1 Å². The molecule has 0 aromatic heterocycles. The van der Waals surface area contributed by atoms with Gasteiger partial charge in [-0.05, 0) is 31.2 Å². The number of nitro benzene ring substituents is 1. The fourth-order valence-electron chi connectivity index (χ4n) is 4.07. The van der Waals surface area contributed by atoms with E-state index in [0.29, 0.717) is 0 Å². The fraction of sp³-hybridized carbons (Fsp3) is 0.600. The largest absolute Gasteiger partial charge is 0.539 e. The van der Waals surface area contributed by atoms with Crippen molar-refractivity contribution in [3.8, 4) is 0 Å². The average molecular weight is 407 g/mol. The molecule has 0 aliphatic carbocycles. The number of carbonyl (C=O) groups is 2. The lowest BCUT2D eigenvalue weighted by Gasteiger charge is -2.35. The Bertz CT molecular complexity index is 666. The Hall–Kier alpha value is -2.52. The second-order valence-corrected chi connectivity index (χ2v) is 7.64. The van der Waals surface area contributed by atoms with E-state index in [0.717, 1.165) is 25.7 Å². The number of piperidine rings is 1. The fourth-order valence-corrected chi connectivity index (χ4v) is 4.07. The Morgan fingerprint density at radius 2 is 1.59 bits per heavy atom. The van der Waals surface area contributed by atoms with Crippen molar-refractivity contribution in [3.05, 3.63) is 39.9 Å². The molecule has 0 radical (unpaired) electrons. The number of carboxylic acid groups (broad SMARTS) is 2. The first-order valence-corrected chi connectivity index (χ1v) is 10.1. The second kappa shape index (κ2) is 11.5. The summed E-state index contributed by atoms with van der Waals surface area (Å²) in [7, 11) is 0. The zero-order valence-electron chi connectivity index (χ0n) is 16.5. The van der Waals surface area contributed by atoms with Crippen molar-refractivity contribution in [3.63, 3.8) is 0 Å². The van der Waals surface area contributed by atoms with Crippen molar-refractivity contribution >= 4 is 17.6 Å². The van der Waals surface area contributed by atoms with Crippen LogP contribution in [0.15, 0.2) is 24.3 Å². The number of carbonyl (C=O) groups excluding carboxylic acids is 1. The molecule has 0 atom stereocenters. The molecule has 3 rings (SSSR count). The summed E-state index contributed by atoms with van der Waals surface area (Å²) in [5.74, 6) is -4.01. The Balaban J connectivity index is 0.000000438. The molecular weight excluding hydrogens is 378 g/mol. The molecule has 2 heterocycles. The van der Waals surface area contributed by atoms with Crippen LogP contribution in [0.3, 0.4) is 0 Å². The Kier molecular flexibility index (Phi) is 9.01. The molecule has 9 nitrogen and oxygen atoms in total. The van der Waals surface area contributed by atoms with Crippen LogP contribution >= 0.6 is 0 Å². The van der Waals surface area contributed by atoms with Crippen LogP contribution in [0.4, 0.5) is 5.69 Å². The minimum atomic E-state index is -2.07. The average Bonchev–Trinajstić information content (AvgIpc) is 2.99. The van der Waals surface area contributed by atoms with E-state index in [-0.39, 0.29) is 10.6 Å². The lowest BCUT2D eigenvalue weighted by atomic mass is 10.0. The first kappa shape index (κ1) is 22.8. The third-order valence-corrected chi connectivity index (χ3v) is 5.64. The normalized spacial score (nSPS) is 18.9. The molecule has 2 N–H and O–H groups in total. The number of hydrogen-bond acceptors (Lipinski definition) is 6. The van der Waals surface area contributed by atoms with Crippen molar-refractivity contribution in [2.75, 3.05) is 26.2 Å². The van der Waals surface area contributed by atoms with Crippen molar-refractivity contribution in [1.82, 2.24) is 4.90 Å². The molecule has 29 heavy (non-hydrogen) atoms. The molecule has 0 bridgehead atoms. The molecule has 9 heteroatoms. The maximum atomic E-state index is 10.7. The van der Waals surface area contributed by atoms with Gasteiger partial charge in [0.2, 0.25) is 0 Å². The summed E-state index contributed by atoms with van der Waals surface area (Å²) in [5.41, 5.74) is 1.35. The summed E-state index contributed by atoms with van der Waals surface area (Å²) in [6, 6.07) is 7.86. The molecule has 1 aromatic rings. The van der Waals surface area contributed by atoms with Crippen molar-refractivity contribution in [1.29, 1.82) is 0 Å². The van der Waals surface area contributed by atoms with Gasteiger partial charge in [0.25, 0.3) is 5.69 Å². The van der Waals surface area contributed by atoms with Gasteiger partial charge >= 0.3 is 5.97 Å². The quantitative estimate of drug-likeness (QED) is 0.403. The number of rotatable bonds is 4. The number of carboxylic acids is 2. The lowest BCUT2D eigenvalue weighted by molar-refractivity contribution is -0.926. The van der Waals surface area contributed by atoms with Crippen LogP contribution in [0.2, 0.25) is 0 Å². The summed E-state index contributed by atoms with van der Waals surface area (Å²) in [4.78, 5) is 32.7. The number of nitrogens with one attached hydrogen (secondary N) is 1. The number of nitrogens with zero attached hydrogens (tertiary/aromatic N) is 2. The first-order chi connectivity index (χ1) is 13.9. The van der Waals surface area contributed by atoms with Gasteiger partial charge in [-0.3, -0.25) is 15.0 Å². The van der Waals surface area contributed by atoms with E-state index < -0.39 is 11.9 Å². The van der Waals surface area contributed by atoms with Crippen LogP contribution in [0.5, 0.6) is 0 Å². The van der Waals surface area contributed by atoms with Crippen LogP contribution in [0.25, 0.3) is 0 Å². The maximum Gasteiger partial charge on any atom is 0.351 e. The van der Waals surface area contributed by atoms with Crippen LogP contribution in [-0.4, -0.2) is 59.1 Å². The van der Waals surface area contributed by atoms with Gasteiger partial charge in [0.15, 0.2) is 5.97 Å². The molecule has 160 valence electrons. The minimum absolute atomic E-state index is 0.178. The predicted molar refractivity (Wildman–Crippen MR) is 103 cm³/mol. The highest BCUT2D eigenvalue weighted by molar-refractivity contribution is 6.26. The Morgan fingerprint density at radius 3 is 2.03 bits per heavy atom. The number of aliphatic carboxylic acids is 2. The third-order valence-electron chi connectivity index (χ3n) is 5.64. The van der Waals surface area contributed by atoms with Crippen LogP contribution < -0.4 is 10.0 Å². The summed E-state index contributed by atoms with van der Waals surface area (Å²) >= 11 is 0. The van der Waals surface area contributed by atoms with E-state index in [1.165, 1.54) is 57.2 Å². The summed E-state index contributed by atoms with van der Waals surface area (Å²) < 4.78 is 0. The zero-order valence-corrected chi connectivity index (χ0v) is 16.5. The van der Waals surface area contributed by atoms with E-state index >= 15 is 0 Å². The molecule has 0 amide bonds. The highest BCUT2D eigenvalue weighted by Crippen LogP contribution is 2.16. The summed E-state index contributed by atoms with van der Waals surface area (Å²) in [6.07, 6.45) is 8.23. The van der Waals surface area contributed by atoms with Gasteiger partial charge in [0, 0.05) is 44.6 Å². The monoisotopic (exact) mass is 407 g/mol. The second-order valence-electron chi connectivity index (χ2n) is 7.64. The minimum Gasteiger partial charge on any atom is -0.539 e. The van der Waals surface area contributed by atoms with E-state index in [1.54, 1.807) is 12.1 Å². The lowest BCUT2D eigenvalue weighted by Crippen LogP contribution is -3.16. The van der Waals surface area contributed by atoms with E-state index in [9.17, 15) is 10.1 Å². The molecule has 1 aromatic carbocycles. The molecular formula is C20H29N3O6. The van der Waals surface area contributed by atoms with Crippen LogP contribution in [0.1, 0.15) is 44.1 Å². The van der Waals surface area contributed by atoms with E-state index in [2.05, 4.69) is 4.90 Å². The molecule has 0 unspecified atom stereocenters. The van der Waals surface area contributed by atoms with E-state index in [4.69, 9.17) is 19.8 Å². The molecule has 2 aliphatic rings. The maximum absolute atomic E-state index is 10.7. The van der Waals surface area contributed by atoms with Crippen molar-refractivity contribution in [2.45, 2.75) is 51.1 Å². The Labute approximate surface area is 170 Å². The molecule has 0 saturated carbocycles. The zero-order chi connectivity index (χ0) is 21.2. The predicted octanol–water partition coefficient (Wildman–Crippen LogP) is -0.161. The number of hydrogen-bond donors (Lipinski definition) is 2. The molecule has 2 saturated heterocycles. The Morgan fingerprint density at radius 1 is 1.07 bits per heavy atom. The van der Waals surface area contributed by atoms with Crippen LogP contribution in [-0.2, 0) is 16.1 Å². The van der Waals surface area contributed by atoms with Gasteiger partial charge in [-0.15, -0.1) is 0 Å². The van der Waals surface area contributed by atoms with Gasteiger partial charge in [0.1, 0.15) is 0 Å². The highest BCUT2D eigenvalue weighted by atomic mass is 16.6. The number of quaternary nitrogens is 1. The van der Waals surface area contributed by atoms with Crippen molar-refractivity contribution in [2.24, 2.45) is 0 Å². The van der Waals surface area contributed by atoms with Crippen LogP contribution in [0, 0.1) is 10.1 Å². The topological polar surface area (TPSA) is 128 Å². The number of likely N-dealkylation sites (tertiary alicyclic amines) is 2. The molecule has 2 fully saturated rings.